The Hall–Kier alpha value is -3.13. The van der Waals surface area contributed by atoms with E-state index in [2.05, 4.69) is 10.2 Å². The highest BCUT2D eigenvalue weighted by Gasteiger charge is 2.41. The molecule has 2 amide bonds. The molecule has 8 heteroatoms. The minimum Gasteiger partial charge on any atom is -0.497 e. The summed E-state index contributed by atoms with van der Waals surface area (Å²) in [6.45, 7) is 3.85. The van der Waals surface area contributed by atoms with Crippen LogP contribution in [-0.4, -0.2) is 34.4 Å². The summed E-state index contributed by atoms with van der Waals surface area (Å²) in [6.07, 6.45) is 0.0718. The fourth-order valence-electron chi connectivity index (χ4n) is 3.10. The summed E-state index contributed by atoms with van der Waals surface area (Å²) >= 11 is 1.11. The van der Waals surface area contributed by atoms with Crippen LogP contribution in [0, 0.1) is 13.8 Å². The third-order valence-electron chi connectivity index (χ3n) is 4.71. The maximum atomic E-state index is 12.9. The standard InChI is InChI=1S/C21H19N3O4S/c1-12-4-7-14(8-5-12)19-22-23-21(28-19)29-17-11-18(25)24(20(17)26)16-10-15(27-3)9-6-13(16)2/h4-10,17H,11H2,1-3H3. The van der Waals surface area contributed by atoms with Crippen LogP contribution in [0.3, 0.4) is 0 Å². The Morgan fingerprint density at radius 3 is 2.59 bits per heavy atom. The van der Waals surface area contributed by atoms with Crippen molar-refractivity contribution in [1.82, 2.24) is 10.2 Å². The van der Waals surface area contributed by atoms with Crippen LogP contribution in [0.2, 0.25) is 0 Å². The van der Waals surface area contributed by atoms with Crippen LogP contribution >= 0.6 is 11.8 Å². The minimum absolute atomic E-state index is 0.0718. The van der Waals surface area contributed by atoms with Gasteiger partial charge in [0.1, 0.15) is 11.0 Å². The van der Waals surface area contributed by atoms with Crippen molar-refractivity contribution < 1.29 is 18.7 Å². The fraction of sp³-hybridized carbons (Fsp3) is 0.238. The molecule has 0 radical (unpaired) electrons. The van der Waals surface area contributed by atoms with E-state index < -0.39 is 5.25 Å². The Kier molecular flexibility index (Phi) is 5.10. The molecule has 2 heterocycles. The smallest absolute Gasteiger partial charge is 0.277 e. The first-order chi connectivity index (χ1) is 14.0. The molecular formula is C21H19N3O4S. The summed E-state index contributed by atoms with van der Waals surface area (Å²) < 4.78 is 10.9. The van der Waals surface area contributed by atoms with E-state index >= 15 is 0 Å². The number of carbonyl (C=O) groups is 2. The SMILES string of the molecule is COc1ccc(C)c(N2C(=O)CC(Sc3nnc(-c4ccc(C)cc4)o3)C2=O)c1. The summed E-state index contributed by atoms with van der Waals surface area (Å²) in [4.78, 5) is 26.7. The number of carbonyl (C=O) groups excluding carboxylic acids is 2. The van der Waals surface area contributed by atoms with Crippen LogP contribution in [0.5, 0.6) is 5.75 Å². The molecule has 3 aromatic rings. The predicted molar refractivity (Wildman–Crippen MR) is 109 cm³/mol. The fourth-order valence-corrected chi connectivity index (χ4v) is 3.99. The van der Waals surface area contributed by atoms with Crippen molar-refractivity contribution >= 4 is 29.3 Å². The summed E-state index contributed by atoms with van der Waals surface area (Å²) in [5, 5.41) is 7.73. The van der Waals surface area contributed by atoms with E-state index in [9.17, 15) is 9.59 Å². The average molecular weight is 409 g/mol. The van der Waals surface area contributed by atoms with Gasteiger partial charge in [0.25, 0.3) is 5.22 Å². The summed E-state index contributed by atoms with van der Waals surface area (Å²) in [7, 11) is 1.54. The third kappa shape index (κ3) is 3.75. The Morgan fingerprint density at radius 2 is 1.86 bits per heavy atom. The number of hydrogen-bond acceptors (Lipinski definition) is 7. The van der Waals surface area contributed by atoms with Gasteiger partial charge in [0.05, 0.1) is 12.8 Å². The quantitative estimate of drug-likeness (QED) is 0.593. The first kappa shape index (κ1) is 19.2. The first-order valence-corrected chi connectivity index (χ1v) is 9.93. The molecule has 29 heavy (non-hydrogen) atoms. The van der Waals surface area contributed by atoms with E-state index in [1.807, 2.05) is 44.2 Å². The number of benzene rings is 2. The number of methoxy groups -OCH3 is 1. The highest BCUT2D eigenvalue weighted by Crippen LogP contribution is 2.36. The second-order valence-electron chi connectivity index (χ2n) is 6.77. The molecular weight excluding hydrogens is 390 g/mol. The van der Waals surface area contributed by atoms with E-state index in [-0.39, 0.29) is 23.5 Å². The maximum Gasteiger partial charge on any atom is 0.277 e. The number of amides is 2. The molecule has 0 bridgehead atoms. The van der Waals surface area contributed by atoms with Crippen molar-refractivity contribution in [3.05, 3.63) is 53.6 Å². The molecule has 2 aromatic carbocycles. The number of rotatable bonds is 5. The molecule has 1 unspecified atom stereocenters. The molecule has 1 fully saturated rings. The number of hydrogen-bond donors (Lipinski definition) is 0. The summed E-state index contributed by atoms with van der Waals surface area (Å²) in [5.74, 6) is 0.403. The highest BCUT2D eigenvalue weighted by molar-refractivity contribution is 8.00. The van der Waals surface area contributed by atoms with Gasteiger partial charge >= 0.3 is 0 Å². The van der Waals surface area contributed by atoms with Gasteiger partial charge in [-0.15, -0.1) is 10.2 Å². The van der Waals surface area contributed by atoms with Gasteiger partial charge in [-0.2, -0.15) is 0 Å². The van der Waals surface area contributed by atoms with Gasteiger partial charge < -0.3 is 9.15 Å². The Labute approximate surface area is 172 Å². The van der Waals surface area contributed by atoms with Crippen LogP contribution in [0.1, 0.15) is 17.5 Å². The molecule has 4 rings (SSSR count). The Morgan fingerprint density at radius 1 is 1.10 bits per heavy atom. The Bertz CT molecular complexity index is 1080. The minimum atomic E-state index is -0.612. The Balaban J connectivity index is 1.53. The lowest BCUT2D eigenvalue weighted by atomic mass is 10.1. The zero-order valence-corrected chi connectivity index (χ0v) is 17.0. The van der Waals surface area contributed by atoms with Crippen molar-refractivity contribution in [2.75, 3.05) is 12.0 Å². The second kappa shape index (κ2) is 7.71. The zero-order chi connectivity index (χ0) is 20.5. The number of aryl methyl sites for hydroxylation is 2. The molecule has 1 saturated heterocycles. The van der Waals surface area contributed by atoms with Crippen molar-refractivity contribution in [3.63, 3.8) is 0 Å². The molecule has 1 aliphatic heterocycles. The number of anilines is 1. The number of aromatic nitrogens is 2. The molecule has 1 aliphatic rings. The van der Waals surface area contributed by atoms with E-state index in [0.29, 0.717) is 17.3 Å². The molecule has 1 atom stereocenters. The number of imide groups is 1. The molecule has 0 aliphatic carbocycles. The van der Waals surface area contributed by atoms with E-state index in [4.69, 9.17) is 9.15 Å². The number of nitrogens with zero attached hydrogens (tertiary/aromatic N) is 3. The molecule has 148 valence electrons. The van der Waals surface area contributed by atoms with Crippen LogP contribution < -0.4 is 9.64 Å². The van der Waals surface area contributed by atoms with Gasteiger partial charge in [0.15, 0.2) is 0 Å². The molecule has 1 aromatic heterocycles. The maximum absolute atomic E-state index is 12.9. The molecule has 0 spiro atoms. The van der Waals surface area contributed by atoms with Crippen LogP contribution in [-0.2, 0) is 9.59 Å². The first-order valence-electron chi connectivity index (χ1n) is 9.05. The molecule has 7 nitrogen and oxygen atoms in total. The van der Waals surface area contributed by atoms with Gasteiger partial charge in [-0.25, -0.2) is 4.90 Å². The monoisotopic (exact) mass is 409 g/mol. The van der Waals surface area contributed by atoms with Crippen LogP contribution in [0.25, 0.3) is 11.5 Å². The van der Waals surface area contributed by atoms with Crippen LogP contribution in [0.15, 0.2) is 52.1 Å². The van der Waals surface area contributed by atoms with Gasteiger partial charge in [-0.3, -0.25) is 9.59 Å². The van der Waals surface area contributed by atoms with Gasteiger partial charge in [-0.1, -0.05) is 35.5 Å². The highest BCUT2D eigenvalue weighted by atomic mass is 32.2. The average Bonchev–Trinajstić information content (AvgIpc) is 3.28. The normalized spacial score (nSPS) is 16.5. The number of ether oxygens (including phenoxy) is 1. The topological polar surface area (TPSA) is 85.5 Å². The van der Waals surface area contributed by atoms with Crippen molar-refractivity contribution in [2.24, 2.45) is 0 Å². The largest absolute Gasteiger partial charge is 0.497 e. The zero-order valence-electron chi connectivity index (χ0n) is 16.2. The van der Waals surface area contributed by atoms with E-state index in [1.54, 1.807) is 19.2 Å². The van der Waals surface area contributed by atoms with Crippen molar-refractivity contribution in [3.8, 4) is 17.2 Å². The lowest BCUT2D eigenvalue weighted by Gasteiger charge is -2.18. The molecule has 0 N–H and O–H groups in total. The number of thioether (sulfide) groups is 1. The summed E-state index contributed by atoms with van der Waals surface area (Å²) in [6, 6.07) is 13.0. The van der Waals surface area contributed by atoms with Gasteiger partial charge in [0.2, 0.25) is 17.7 Å². The predicted octanol–water partition coefficient (Wildman–Crippen LogP) is 3.79. The van der Waals surface area contributed by atoms with E-state index in [1.165, 1.54) is 4.90 Å². The third-order valence-corrected chi connectivity index (χ3v) is 5.73. The van der Waals surface area contributed by atoms with Crippen molar-refractivity contribution in [2.45, 2.75) is 30.7 Å². The lowest BCUT2D eigenvalue weighted by Crippen LogP contribution is -2.31. The van der Waals surface area contributed by atoms with Crippen LogP contribution in [0.4, 0.5) is 5.69 Å². The molecule has 0 saturated carbocycles. The summed E-state index contributed by atoms with van der Waals surface area (Å²) in [5.41, 5.74) is 3.29. The lowest BCUT2D eigenvalue weighted by molar-refractivity contribution is -0.121. The second-order valence-corrected chi connectivity index (χ2v) is 7.92. The van der Waals surface area contributed by atoms with E-state index in [0.717, 1.165) is 28.5 Å². The van der Waals surface area contributed by atoms with Gasteiger partial charge in [0, 0.05) is 18.1 Å². The van der Waals surface area contributed by atoms with Crippen molar-refractivity contribution in [1.29, 1.82) is 0 Å². The van der Waals surface area contributed by atoms with Gasteiger partial charge in [-0.05, 0) is 37.6 Å².